The summed E-state index contributed by atoms with van der Waals surface area (Å²) in [6.07, 6.45) is 0.436. The van der Waals surface area contributed by atoms with Crippen LogP contribution in [-0.2, 0) is 11.3 Å². The second-order valence-electron chi connectivity index (χ2n) is 7.66. The highest BCUT2D eigenvalue weighted by Crippen LogP contribution is 2.18. The molecule has 2 rings (SSSR count). The molecule has 0 bridgehead atoms. The van der Waals surface area contributed by atoms with Crippen molar-refractivity contribution in [1.82, 2.24) is 10.6 Å². The molecule has 29 heavy (non-hydrogen) atoms. The van der Waals surface area contributed by atoms with E-state index in [-0.39, 0.29) is 30.2 Å². The van der Waals surface area contributed by atoms with Gasteiger partial charge in [-0.15, -0.1) is 0 Å². The van der Waals surface area contributed by atoms with E-state index < -0.39 is 14.2 Å². The Morgan fingerprint density at radius 1 is 0.966 bits per heavy atom. The van der Waals surface area contributed by atoms with E-state index in [1.807, 2.05) is 50.2 Å². The van der Waals surface area contributed by atoms with Crippen LogP contribution in [0.1, 0.15) is 42.6 Å². The van der Waals surface area contributed by atoms with E-state index in [1.54, 1.807) is 24.3 Å². The Labute approximate surface area is 173 Å². The van der Waals surface area contributed by atoms with Crippen molar-refractivity contribution in [2.45, 2.75) is 44.9 Å². The normalized spacial score (nSPS) is 12.4. The van der Waals surface area contributed by atoms with Crippen molar-refractivity contribution in [1.29, 1.82) is 0 Å². The molecule has 2 amide bonds. The third-order valence-corrected chi connectivity index (χ3v) is 7.14. The van der Waals surface area contributed by atoms with Gasteiger partial charge in [-0.3, -0.25) is 9.59 Å². The SMILES string of the molecule is CC(C)CC(NC(=O)c1ccccc1)[Si](O)(O)CCC(=O)NCc1ccccc1. The molecule has 2 aromatic carbocycles. The Kier molecular flexibility index (Phi) is 8.57. The summed E-state index contributed by atoms with van der Waals surface area (Å²) < 4.78 is 0. The first-order chi connectivity index (χ1) is 13.8. The number of benzene rings is 2. The minimum absolute atomic E-state index is 0.00184. The Morgan fingerprint density at radius 2 is 1.55 bits per heavy atom. The van der Waals surface area contributed by atoms with Gasteiger partial charge in [0.05, 0.1) is 5.67 Å². The van der Waals surface area contributed by atoms with Gasteiger partial charge in [0.1, 0.15) is 0 Å². The average molecular weight is 415 g/mol. The van der Waals surface area contributed by atoms with Gasteiger partial charge in [-0.1, -0.05) is 62.4 Å². The summed E-state index contributed by atoms with van der Waals surface area (Å²) in [5.74, 6) is -0.426. The van der Waals surface area contributed by atoms with Crippen LogP contribution in [0.15, 0.2) is 60.7 Å². The first-order valence-electron chi connectivity index (χ1n) is 9.89. The van der Waals surface area contributed by atoms with Gasteiger partial charge < -0.3 is 20.2 Å². The van der Waals surface area contributed by atoms with Crippen molar-refractivity contribution >= 4 is 20.4 Å². The third kappa shape index (κ3) is 7.81. The fourth-order valence-electron chi connectivity index (χ4n) is 3.02. The Hall–Kier alpha value is -2.48. The lowest BCUT2D eigenvalue weighted by atomic mass is 10.1. The van der Waals surface area contributed by atoms with E-state index in [4.69, 9.17) is 0 Å². The molecule has 0 saturated carbocycles. The molecule has 1 unspecified atom stereocenters. The van der Waals surface area contributed by atoms with Crippen molar-refractivity contribution in [3.63, 3.8) is 0 Å². The lowest BCUT2D eigenvalue weighted by molar-refractivity contribution is -0.121. The van der Waals surface area contributed by atoms with Crippen molar-refractivity contribution in [3.8, 4) is 0 Å². The Balaban J connectivity index is 1.93. The monoisotopic (exact) mass is 414 g/mol. The molecular weight excluding hydrogens is 384 g/mol. The van der Waals surface area contributed by atoms with Crippen LogP contribution in [-0.4, -0.2) is 35.6 Å². The fraction of sp³-hybridized carbons (Fsp3) is 0.364. The summed E-state index contributed by atoms with van der Waals surface area (Å²) in [5, 5.41) is 5.57. The van der Waals surface area contributed by atoms with Crippen LogP contribution in [0.25, 0.3) is 0 Å². The smallest absolute Gasteiger partial charge is 0.356 e. The Bertz CT molecular complexity index is 782. The lowest BCUT2D eigenvalue weighted by Crippen LogP contribution is -2.58. The van der Waals surface area contributed by atoms with Gasteiger partial charge in [0.2, 0.25) is 5.91 Å². The molecule has 2 aromatic rings. The van der Waals surface area contributed by atoms with Crippen LogP contribution in [0.3, 0.4) is 0 Å². The van der Waals surface area contributed by atoms with Gasteiger partial charge in [0, 0.05) is 24.6 Å². The maximum absolute atomic E-state index is 12.5. The number of hydrogen-bond donors (Lipinski definition) is 4. The molecule has 0 aliphatic heterocycles. The maximum Gasteiger partial charge on any atom is 0.356 e. The van der Waals surface area contributed by atoms with Gasteiger partial charge in [0.25, 0.3) is 5.91 Å². The molecule has 0 aliphatic carbocycles. The Morgan fingerprint density at radius 3 is 2.14 bits per heavy atom. The van der Waals surface area contributed by atoms with Crippen LogP contribution in [0.5, 0.6) is 0 Å². The molecule has 0 saturated heterocycles. The van der Waals surface area contributed by atoms with Crippen LogP contribution in [0.2, 0.25) is 6.04 Å². The minimum Gasteiger partial charge on any atom is -0.409 e. The third-order valence-electron chi connectivity index (χ3n) is 4.66. The zero-order valence-corrected chi connectivity index (χ0v) is 18.0. The van der Waals surface area contributed by atoms with E-state index in [9.17, 15) is 19.2 Å². The van der Waals surface area contributed by atoms with Gasteiger partial charge in [-0.2, -0.15) is 0 Å². The predicted octanol–water partition coefficient (Wildman–Crippen LogP) is 2.50. The van der Waals surface area contributed by atoms with E-state index in [1.165, 1.54) is 0 Å². The van der Waals surface area contributed by atoms with Crippen LogP contribution in [0, 0.1) is 5.92 Å². The molecule has 0 spiro atoms. The largest absolute Gasteiger partial charge is 0.409 e. The molecule has 7 heteroatoms. The molecular formula is C22H30N2O4Si. The minimum atomic E-state index is -3.86. The highest BCUT2D eigenvalue weighted by Gasteiger charge is 2.41. The summed E-state index contributed by atoms with van der Waals surface area (Å²) in [4.78, 5) is 46.1. The predicted molar refractivity (Wildman–Crippen MR) is 115 cm³/mol. The summed E-state index contributed by atoms with van der Waals surface area (Å²) >= 11 is 0. The second-order valence-corrected chi connectivity index (χ2v) is 10.6. The molecule has 0 aromatic heterocycles. The van der Waals surface area contributed by atoms with Crippen LogP contribution in [0.4, 0.5) is 0 Å². The summed E-state index contributed by atoms with van der Waals surface area (Å²) in [6, 6.07) is 18.2. The molecule has 4 N–H and O–H groups in total. The van der Waals surface area contributed by atoms with E-state index in [2.05, 4.69) is 10.6 Å². The molecule has 6 nitrogen and oxygen atoms in total. The van der Waals surface area contributed by atoms with Crippen molar-refractivity contribution < 1.29 is 19.2 Å². The summed E-state index contributed by atoms with van der Waals surface area (Å²) in [7, 11) is -3.86. The number of amides is 2. The zero-order chi connectivity index (χ0) is 21.3. The molecule has 0 heterocycles. The van der Waals surface area contributed by atoms with E-state index in [0.29, 0.717) is 18.5 Å². The van der Waals surface area contributed by atoms with Crippen molar-refractivity contribution in [2.24, 2.45) is 5.92 Å². The average Bonchev–Trinajstić information content (AvgIpc) is 2.71. The number of hydrogen-bond acceptors (Lipinski definition) is 4. The molecule has 156 valence electrons. The summed E-state index contributed by atoms with van der Waals surface area (Å²) in [6.45, 7) is 4.31. The van der Waals surface area contributed by atoms with E-state index in [0.717, 1.165) is 5.56 Å². The molecule has 0 fully saturated rings. The van der Waals surface area contributed by atoms with Gasteiger partial charge in [-0.05, 0) is 30.0 Å². The first-order valence-corrected chi connectivity index (χ1v) is 12.1. The quantitative estimate of drug-likeness (QED) is 0.449. The topological polar surface area (TPSA) is 98.7 Å². The number of carbonyl (C=O) groups excluding carboxylic acids is 2. The number of nitrogens with one attached hydrogen (secondary N) is 2. The highest BCUT2D eigenvalue weighted by molar-refractivity contribution is 6.66. The highest BCUT2D eigenvalue weighted by atomic mass is 28.4. The molecule has 0 radical (unpaired) electrons. The van der Waals surface area contributed by atoms with Gasteiger partial charge in [-0.25, -0.2) is 0 Å². The summed E-state index contributed by atoms with van der Waals surface area (Å²) in [5.41, 5.74) is 0.689. The maximum atomic E-state index is 12.5. The number of carbonyl (C=O) groups is 2. The zero-order valence-electron chi connectivity index (χ0n) is 17.0. The van der Waals surface area contributed by atoms with Gasteiger partial charge in [0.15, 0.2) is 0 Å². The molecule has 1 atom stereocenters. The lowest BCUT2D eigenvalue weighted by Gasteiger charge is -2.30. The van der Waals surface area contributed by atoms with E-state index >= 15 is 0 Å². The molecule has 0 aliphatic rings. The van der Waals surface area contributed by atoms with Crippen LogP contribution >= 0.6 is 0 Å². The first kappa shape index (κ1) is 22.8. The standard InChI is InChI=1S/C22H30N2O4Si/c1-17(2)15-21(24-22(26)19-11-7-4-8-12-19)29(27,28)14-13-20(25)23-16-18-9-5-3-6-10-18/h3-12,17,21,27-28H,13-16H2,1-2H3,(H,23,25)(H,24,26). The van der Waals surface area contributed by atoms with Gasteiger partial charge >= 0.3 is 8.56 Å². The second kappa shape index (κ2) is 10.9. The van der Waals surface area contributed by atoms with Crippen molar-refractivity contribution in [2.75, 3.05) is 0 Å². The van der Waals surface area contributed by atoms with Crippen LogP contribution < -0.4 is 10.6 Å². The number of rotatable bonds is 10. The van der Waals surface area contributed by atoms with Crippen molar-refractivity contribution in [3.05, 3.63) is 71.8 Å². The fourth-order valence-corrected chi connectivity index (χ4v) is 5.18.